The molecule has 0 saturated carbocycles. The van der Waals surface area contributed by atoms with Gasteiger partial charge in [-0.05, 0) is 62.6 Å². The van der Waals surface area contributed by atoms with Crippen LogP contribution < -0.4 is 15.0 Å². The molecule has 2 saturated heterocycles. The second-order valence-corrected chi connectivity index (χ2v) is 10.9. The van der Waals surface area contributed by atoms with E-state index < -0.39 is 0 Å². The molecule has 9 nitrogen and oxygen atoms in total. The summed E-state index contributed by atoms with van der Waals surface area (Å²) in [5.74, 6) is 2.39. The number of nitrogens with zero attached hydrogens (tertiary/aromatic N) is 7. The minimum absolute atomic E-state index is 0.413. The van der Waals surface area contributed by atoms with Crippen LogP contribution in [0.1, 0.15) is 31.0 Å². The van der Waals surface area contributed by atoms with Crippen LogP contribution in [0.3, 0.4) is 0 Å². The van der Waals surface area contributed by atoms with Crippen LogP contribution in [0.5, 0.6) is 5.75 Å². The summed E-state index contributed by atoms with van der Waals surface area (Å²) >= 11 is 6.90. The summed E-state index contributed by atoms with van der Waals surface area (Å²) in [5, 5.41) is 3.97. The van der Waals surface area contributed by atoms with Gasteiger partial charge in [0.05, 0.1) is 17.3 Å². The van der Waals surface area contributed by atoms with Gasteiger partial charge in [-0.25, -0.2) is 15.0 Å². The van der Waals surface area contributed by atoms with Gasteiger partial charge < -0.3 is 19.5 Å². The molecule has 0 bridgehead atoms. The predicted molar refractivity (Wildman–Crippen MR) is 155 cm³/mol. The zero-order valence-corrected chi connectivity index (χ0v) is 23.4. The summed E-state index contributed by atoms with van der Waals surface area (Å²) in [7, 11) is 0. The Bertz CT molecular complexity index is 1450. The molecule has 0 amide bonds. The topological polar surface area (TPSA) is 84.2 Å². The molecule has 2 fully saturated rings. The standard InChI is InChI=1S/C29H35ClN8O/c1-20-7-8-32-22(16-20)18-38-27(35-26-28(33-19-34-29(26)38)37-11-3-4-21(37)2)24-6-5-23(17-25(24)30)39-15-14-36-12-9-31-10-13-36/h5-8,16-17,19,21,31H,3-4,9-15,18H2,1-2H3/t21-/m1/s1. The highest BCUT2D eigenvalue weighted by molar-refractivity contribution is 6.33. The van der Waals surface area contributed by atoms with Gasteiger partial charge in [0, 0.05) is 57.1 Å². The van der Waals surface area contributed by atoms with Crippen molar-refractivity contribution in [3.63, 3.8) is 0 Å². The first-order valence-electron chi connectivity index (χ1n) is 13.8. The highest BCUT2D eigenvalue weighted by Crippen LogP contribution is 2.36. The third-order valence-electron chi connectivity index (χ3n) is 7.70. The SMILES string of the molecule is Cc1ccnc(Cn2c(-c3ccc(OCCN4CCNCC4)cc3Cl)nc3c(N4CCC[C@H]4C)ncnc32)c1. The summed E-state index contributed by atoms with van der Waals surface area (Å²) in [6, 6.07) is 10.4. The van der Waals surface area contributed by atoms with Gasteiger partial charge in [0.25, 0.3) is 0 Å². The number of piperazine rings is 1. The number of benzene rings is 1. The van der Waals surface area contributed by atoms with E-state index in [1.54, 1.807) is 6.33 Å². The van der Waals surface area contributed by atoms with Crippen molar-refractivity contribution in [2.45, 2.75) is 39.3 Å². The molecule has 5 heterocycles. The minimum atomic E-state index is 0.413. The van der Waals surface area contributed by atoms with Crippen LogP contribution in [0, 0.1) is 6.92 Å². The molecule has 2 aliphatic rings. The summed E-state index contributed by atoms with van der Waals surface area (Å²) in [6.07, 6.45) is 5.78. The van der Waals surface area contributed by atoms with Crippen molar-refractivity contribution in [1.29, 1.82) is 0 Å². The molecule has 204 valence electrons. The Morgan fingerprint density at radius 2 is 1.95 bits per heavy atom. The van der Waals surface area contributed by atoms with Gasteiger partial charge in [0.2, 0.25) is 0 Å². The van der Waals surface area contributed by atoms with Crippen LogP contribution in [-0.4, -0.2) is 81.3 Å². The molecule has 1 N–H and O–H groups in total. The normalized spacial score (nSPS) is 18.2. The molecule has 4 aromatic rings. The lowest BCUT2D eigenvalue weighted by Gasteiger charge is -2.26. The lowest BCUT2D eigenvalue weighted by molar-refractivity contribution is 0.191. The van der Waals surface area contributed by atoms with E-state index in [2.05, 4.69) is 49.6 Å². The molecule has 39 heavy (non-hydrogen) atoms. The molecule has 0 spiro atoms. The zero-order chi connectivity index (χ0) is 26.8. The van der Waals surface area contributed by atoms with Crippen LogP contribution in [0.15, 0.2) is 42.9 Å². The monoisotopic (exact) mass is 546 g/mol. The van der Waals surface area contributed by atoms with Crippen molar-refractivity contribution < 1.29 is 4.74 Å². The summed E-state index contributed by atoms with van der Waals surface area (Å²) in [4.78, 5) is 23.9. The number of halogens is 1. The molecule has 10 heteroatoms. The third-order valence-corrected chi connectivity index (χ3v) is 8.01. The smallest absolute Gasteiger partial charge is 0.166 e. The van der Waals surface area contributed by atoms with Gasteiger partial charge in [-0.1, -0.05) is 11.6 Å². The van der Waals surface area contributed by atoms with E-state index in [0.29, 0.717) is 24.2 Å². The van der Waals surface area contributed by atoms with Crippen LogP contribution in [0.4, 0.5) is 5.82 Å². The second-order valence-electron chi connectivity index (χ2n) is 10.5. The molecular weight excluding hydrogens is 512 g/mol. The fourth-order valence-electron chi connectivity index (χ4n) is 5.58. The number of aromatic nitrogens is 5. The van der Waals surface area contributed by atoms with Crippen molar-refractivity contribution in [3.8, 4) is 17.1 Å². The summed E-state index contributed by atoms with van der Waals surface area (Å²) in [5.41, 5.74) is 4.50. The molecule has 0 radical (unpaired) electrons. The van der Waals surface area contributed by atoms with E-state index in [0.717, 1.165) is 97.5 Å². The zero-order valence-electron chi connectivity index (χ0n) is 22.6. The lowest BCUT2D eigenvalue weighted by Crippen LogP contribution is -2.44. The van der Waals surface area contributed by atoms with E-state index >= 15 is 0 Å². The van der Waals surface area contributed by atoms with Crippen molar-refractivity contribution in [1.82, 2.24) is 34.7 Å². The Hall–Kier alpha value is -3.27. The first-order chi connectivity index (χ1) is 19.1. The average Bonchev–Trinajstić information content (AvgIpc) is 3.53. The number of ether oxygens (including phenoxy) is 1. The maximum absolute atomic E-state index is 6.90. The highest BCUT2D eigenvalue weighted by Gasteiger charge is 2.27. The Kier molecular flexibility index (Phi) is 7.63. The molecule has 1 atom stereocenters. The third kappa shape index (κ3) is 5.57. The molecule has 0 unspecified atom stereocenters. The van der Waals surface area contributed by atoms with E-state index in [-0.39, 0.29) is 0 Å². The van der Waals surface area contributed by atoms with Gasteiger partial charge in [-0.2, -0.15) is 0 Å². The van der Waals surface area contributed by atoms with Gasteiger partial charge in [0.15, 0.2) is 17.0 Å². The molecule has 1 aromatic carbocycles. The largest absolute Gasteiger partial charge is 0.492 e. The van der Waals surface area contributed by atoms with Gasteiger partial charge in [-0.3, -0.25) is 9.88 Å². The first-order valence-corrected chi connectivity index (χ1v) is 14.2. The van der Waals surface area contributed by atoms with Crippen molar-refractivity contribution in [2.24, 2.45) is 0 Å². The molecule has 2 aliphatic heterocycles. The van der Waals surface area contributed by atoms with E-state index in [4.69, 9.17) is 26.3 Å². The number of nitrogens with one attached hydrogen (secondary N) is 1. The predicted octanol–water partition coefficient (Wildman–Crippen LogP) is 4.17. The van der Waals surface area contributed by atoms with Crippen LogP contribution >= 0.6 is 11.6 Å². The summed E-state index contributed by atoms with van der Waals surface area (Å²) < 4.78 is 8.17. The van der Waals surface area contributed by atoms with Crippen LogP contribution in [0.25, 0.3) is 22.6 Å². The highest BCUT2D eigenvalue weighted by atomic mass is 35.5. The Balaban J connectivity index is 1.34. The van der Waals surface area contributed by atoms with E-state index in [9.17, 15) is 0 Å². The van der Waals surface area contributed by atoms with Gasteiger partial charge in [0.1, 0.15) is 24.5 Å². The van der Waals surface area contributed by atoms with E-state index in [1.165, 1.54) is 0 Å². The Morgan fingerprint density at radius 1 is 1.08 bits per heavy atom. The maximum Gasteiger partial charge on any atom is 0.166 e. The Morgan fingerprint density at radius 3 is 2.72 bits per heavy atom. The maximum atomic E-state index is 6.90. The molecule has 6 rings (SSSR count). The first kappa shape index (κ1) is 26.0. The fourth-order valence-corrected chi connectivity index (χ4v) is 5.83. The van der Waals surface area contributed by atoms with Crippen molar-refractivity contribution in [2.75, 3.05) is 50.8 Å². The number of aryl methyl sites for hydroxylation is 1. The molecular formula is C29H35ClN8O. The lowest BCUT2D eigenvalue weighted by atomic mass is 10.2. The molecule has 3 aromatic heterocycles. The van der Waals surface area contributed by atoms with Gasteiger partial charge in [-0.15, -0.1) is 0 Å². The number of rotatable bonds is 8. The number of imidazole rings is 1. The number of pyridine rings is 1. The van der Waals surface area contributed by atoms with Crippen LogP contribution in [-0.2, 0) is 6.54 Å². The van der Waals surface area contributed by atoms with Crippen molar-refractivity contribution in [3.05, 3.63) is 59.1 Å². The number of hydrogen-bond donors (Lipinski definition) is 1. The van der Waals surface area contributed by atoms with Gasteiger partial charge >= 0.3 is 0 Å². The number of anilines is 1. The second kappa shape index (κ2) is 11.5. The minimum Gasteiger partial charge on any atom is -0.492 e. The van der Waals surface area contributed by atoms with Crippen LogP contribution in [0.2, 0.25) is 5.02 Å². The molecule has 0 aliphatic carbocycles. The fraction of sp³-hybridized carbons (Fsp3) is 0.448. The number of hydrogen-bond acceptors (Lipinski definition) is 8. The Labute approximate surface area is 234 Å². The average molecular weight is 547 g/mol. The summed E-state index contributed by atoms with van der Waals surface area (Å²) in [6.45, 7) is 11.5. The van der Waals surface area contributed by atoms with E-state index in [1.807, 2.05) is 30.5 Å². The van der Waals surface area contributed by atoms with Crippen molar-refractivity contribution >= 4 is 28.6 Å². The quantitative estimate of drug-likeness (QED) is 0.352. The number of fused-ring (bicyclic) bond motifs is 1.